The molecule has 0 bridgehead atoms. The molecule has 6 nitrogen and oxygen atoms in total. The molecule has 90 valence electrons. The van der Waals surface area contributed by atoms with Crippen molar-refractivity contribution in [3.05, 3.63) is 52.5 Å². The van der Waals surface area contributed by atoms with Crippen molar-refractivity contribution < 1.29 is 13.6 Å². The fraction of sp³-hybridized carbons (Fsp3) is 0.0833. The fourth-order valence-electron chi connectivity index (χ4n) is 1.74. The maximum Gasteiger partial charge on any atom is 0.421 e. The van der Waals surface area contributed by atoms with Crippen LogP contribution in [0.4, 0.5) is 0 Å². The number of hydrogen-bond donors (Lipinski definition) is 0. The van der Waals surface area contributed by atoms with E-state index in [4.69, 9.17) is 8.83 Å². The van der Waals surface area contributed by atoms with Crippen molar-refractivity contribution in [3.8, 4) is 0 Å². The van der Waals surface area contributed by atoms with Crippen molar-refractivity contribution in [2.45, 2.75) is 6.54 Å². The molecule has 0 spiro atoms. The molecular weight excluding hydrogens is 236 g/mol. The lowest BCUT2D eigenvalue weighted by atomic mass is 10.4. The van der Waals surface area contributed by atoms with Gasteiger partial charge in [-0.25, -0.2) is 9.78 Å². The summed E-state index contributed by atoms with van der Waals surface area (Å²) in [5, 5.41) is 0. The molecule has 0 fully saturated rings. The molecule has 0 aliphatic heterocycles. The number of aldehydes is 1. The van der Waals surface area contributed by atoms with Crippen molar-refractivity contribution in [2.75, 3.05) is 0 Å². The van der Waals surface area contributed by atoms with E-state index in [9.17, 15) is 9.59 Å². The SMILES string of the molecule is O=Cc1ccc(Cn2c(=O)oc3cccnc32)o1. The Hall–Kier alpha value is -2.63. The van der Waals surface area contributed by atoms with Crippen LogP contribution in [0.1, 0.15) is 16.3 Å². The van der Waals surface area contributed by atoms with Crippen LogP contribution in [0.3, 0.4) is 0 Å². The number of nitrogens with zero attached hydrogens (tertiary/aromatic N) is 2. The summed E-state index contributed by atoms with van der Waals surface area (Å²) in [6.45, 7) is 0.177. The number of carbonyl (C=O) groups excluding carboxylic acids is 1. The van der Waals surface area contributed by atoms with Gasteiger partial charge in [-0.15, -0.1) is 0 Å². The highest BCUT2D eigenvalue weighted by Gasteiger charge is 2.12. The van der Waals surface area contributed by atoms with Crippen molar-refractivity contribution in [2.24, 2.45) is 0 Å². The Kier molecular flexibility index (Phi) is 2.33. The second kappa shape index (κ2) is 3.99. The first-order valence-electron chi connectivity index (χ1n) is 5.26. The van der Waals surface area contributed by atoms with Crippen LogP contribution in [-0.2, 0) is 6.54 Å². The van der Waals surface area contributed by atoms with Crippen molar-refractivity contribution in [1.82, 2.24) is 9.55 Å². The van der Waals surface area contributed by atoms with E-state index in [1.54, 1.807) is 30.5 Å². The van der Waals surface area contributed by atoms with E-state index in [0.717, 1.165) is 0 Å². The van der Waals surface area contributed by atoms with Gasteiger partial charge >= 0.3 is 5.76 Å². The molecule has 0 saturated heterocycles. The third-order valence-corrected chi connectivity index (χ3v) is 2.54. The van der Waals surface area contributed by atoms with E-state index in [2.05, 4.69) is 4.98 Å². The average molecular weight is 244 g/mol. The highest BCUT2D eigenvalue weighted by atomic mass is 16.4. The molecule has 0 saturated carbocycles. The molecule has 0 radical (unpaired) electrons. The molecule has 3 aromatic rings. The third-order valence-electron chi connectivity index (χ3n) is 2.54. The minimum absolute atomic E-state index is 0.177. The molecule has 3 heterocycles. The van der Waals surface area contributed by atoms with Gasteiger partial charge in [-0.1, -0.05) is 0 Å². The monoisotopic (exact) mass is 244 g/mol. The molecule has 0 aliphatic carbocycles. The molecule has 3 rings (SSSR count). The number of oxazole rings is 1. The molecule has 0 amide bonds. The van der Waals surface area contributed by atoms with Crippen LogP contribution in [0.15, 0.2) is 44.1 Å². The first-order chi connectivity index (χ1) is 8.78. The Bertz CT molecular complexity index is 766. The van der Waals surface area contributed by atoms with E-state index in [1.807, 2.05) is 0 Å². The molecule has 0 N–H and O–H groups in total. The summed E-state index contributed by atoms with van der Waals surface area (Å²) in [7, 11) is 0. The predicted octanol–water partition coefficient (Wildman–Crippen LogP) is 1.44. The van der Waals surface area contributed by atoms with E-state index in [0.29, 0.717) is 23.3 Å². The predicted molar refractivity (Wildman–Crippen MR) is 61.5 cm³/mol. The summed E-state index contributed by atoms with van der Waals surface area (Å²) >= 11 is 0. The zero-order valence-electron chi connectivity index (χ0n) is 9.20. The number of hydrogen-bond acceptors (Lipinski definition) is 5. The number of furan rings is 1. The minimum Gasteiger partial charge on any atom is -0.456 e. The number of rotatable bonds is 3. The zero-order chi connectivity index (χ0) is 12.5. The van der Waals surface area contributed by atoms with E-state index >= 15 is 0 Å². The summed E-state index contributed by atoms with van der Waals surface area (Å²) in [4.78, 5) is 26.3. The van der Waals surface area contributed by atoms with E-state index in [1.165, 1.54) is 4.57 Å². The lowest BCUT2D eigenvalue weighted by Gasteiger charge is -1.97. The molecule has 0 unspecified atom stereocenters. The second-order valence-corrected chi connectivity index (χ2v) is 3.70. The van der Waals surface area contributed by atoms with Gasteiger partial charge in [-0.3, -0.25) is 9.36 Å². The highest BCUT2D eigenvalue weighted by Crippen LogP contribution is 2.12. The summed E-state index contributed by atoms with van der Waals surface area (Å²) in [5.74, 6) is 0.208. The Morgan fingerprint density at radius 3 is 2.94 bits per heavy atom. The largest absolute Gasteiger partial charge is 0.456 e. The van der Waals surface area contributed by atoms with Gasteiger partial charge in [0.15, 0.2) is 23.3 Å². The lowest BCUT2D eigenvalue weighted by molar-refractivity contribution is 0.109. The summed E-state index contributed by atoms with van der Waals surface area (Å²) in [6.07, 6.45) is 2.19. The quantitative estimate of drug-likeness (QED) is 0.651. The fourth-order valence-corrected chi connectivity index (χ4v) is 1.74. The van der Waals surface area contributed by atoms with Crippen LogP contribution in [0.5, 0.6) is 0 Å². The normalized spacial score (nSPS) is 10.9. The van der Waals surface area contributed by atoms with Gasteiger partial charge in [0, 0.05) is 6.20 Å². The van der Waals surface area contributed by atoms with Crippen LogP contribution in [-0.4, -0.2) is 15.8 Å². The number of carbonyl (C=O) groups is 1. The van der Waals surface area contributed by atoms with Crippen molar-refractivity contribution >= 4 is 17.5 Å². The minimum atomic E-state index is -0.507. The maximum atomic E-state index is 11.7. The van der Waals surface area contributed by atoms with Gasteiger partial charge in [0.05, 0.1) is 6.54 Å². The summed E-state index contributed by atoms with van der Waals surface area (Å²) in [6, 6.07) is 6.53. The van der Waals surface area contributed by atoms with Gasteiger partial charge in [-0.05, 0) is 24.3 Å². The smallest absolute Gasteiger partial charge is 0.421 e. The topological polar surface area (TPSA) is 78.2 Å². The van der Waals surface area contributed by atoms with Crippen LogP contribution in [0.2, 0.25) is 0 Å². The van der Waals surface area contributed by atoms with E-state index in [-0.39, 0.29) is 12.3 Å². The van der Waals surface area contributed by atoms with Crippen LogP contribution < -0.4 is 5.76 Å². The standard InChI is InChI=1S/C12H8N2O4/c15-7-9-4-3-8(17-9)6-14-11-10(18-12(14)16)2-1-5-13-11/h1-5,7H,6H2. The third kappa shape index (κ3) is 1.64. The first-order valence-corrected chi connectivity index (χ1v) is 5.26. The Morgan fingerprint density at radius 2 is 2.17 bits per heavy atom. The molecule has 18 heavy (non-hydrogen) atoms. The summed E-state index contributed by atoms with van der Waals surface area (Å²) < 4.78 is 11.6. The molecule has 0 atom stereocenters. The number of aromatic nitrogens is 2. The van der Waals surface area contributed by atoms with Gasteiger partial charge in [0.25, 0.3) is 0 Å². The summed E-state index contributed by atoms with van der Waals surface area (Å²) in [5.41, 5.74) is 0.872. The lowest BCUT2D eigenvalue weighted by Crippen LogP contribution is -2.14. The highest BCUT2D eigenvalue weighted by molar-refractivity contribution is 5.70. The molecule has 0 aliphatic rings. The molecular formula is C12H8N2O4. The van der Waals surface area contributed by atoms with Gasteiger partial charge < -0.3 is 8.83 Å². The number of fused-ring (bicyclic) bond motifs is 1. The van der Waals surface area contributed by atoms with Crippen LogP contribution in [0.25, 0.3) is 11.2 Å². The zero-order valence-corrected chi connectivity index (χ0v) is 9.20. The Balaban J connectivity index is 2.06. The van der Waals surface area contributed by atoms with E-state index < -0.39 is 5.76 Å². The average Bonchev–Trinajstić information content (AvgIpc) is 2.96. The van der Waals surface area contributed by atoms with Gasteiger partial charge in [0.1, 0.15) is 5.76 Å². The van der Waals surface area contributed by atoms with Gasteiger partial charge in [-0.2, -0.15) is 0 Å². The first kappa shape index (κ1) is 10.5. The van der Waals surface area contributed by atoms with Crippen LogP contribution >= 0.6 is 0 Å². The second-order valence-electron chi connectivity index (χ2n) is 3.70. The molecule has 0 aromatic carbocycles. The number of pyridine rings is 1. The van der Waals surface area contributed by atoms with Crippen molar-refractivity contribution in [3.63, 3.8) is 0 Å². The molecule has 6 heteroatoms. The van der Waals surface area contributed by atoms with Crippen LogP contribution in [0, 0.1) is 0 Å². The van der Waals surface area contributed by atoms with Gasteiger partial charge in [0.2, 0.25) is 0 Å². The maximum absolute atomic E-state index is 11.7. The Labute approximate surface area is 100 Å². The Morgan fingerprint density at radius 1 is 1.28 bits per heavy atom. The molecule has 3 aromatic heterocycles. The van der Waals surface area contributed by atoms with Crippen molar-refractivity contribution in [1.29, 1.82) is 0 Å².